The lowest BCUT2D eigenvalue weighted by atomic mass is 10.1. The fourth-order valence-electron chi connectivity index (χ4n) is 2.58. The molecule has 5 nitrogen and oxygen atoms in total. The van der Waals surface area contributed by atoms with E-state index in [-0.39, 0.29) is 0 Å². The van der Waals surface area contributed by atoms with Gasteiger partial charge in [0.15, 0.2) is 0 Å². The van der Waals surface area contributed by atoms with Crippen molar-refractivity contribution in [2.24, 2.45) is 12.1 Å². The van der Waals surface area contributed by atoms with Gasteiger partial charge in [0.2, 0.25) is 0 Å². The summed E-state index contributed by atoms with van der Waals surface area (Å²) in [6, 6.07) is 7.65. The third kappa shape index (κ3) is 3.19. The average Bonchev–Trinajstić information content (AvgIpc) is 2.84. The molecule has 23 heavy (non-hydrogen) atoms. The van der Waals surface area contributed by atoms with Gasteiger partial charge in [-0.2, -0.15) is 10.2 Å². The Labute approximate surface area is 140 Å². The Morgan fingerprint density at radius 1 is 1.26 bits per heavy atom. The number of halogens is 1. The first-order valence-electron chi connectivity index (χ1n) is 7.32. The number of hydrazone groups is 1. The zero-order chi connectivity index (χ0) is 16.6. The maximum absolute atomic E-state index is 6.04. The third-order valence-electron chi connectivity index (χ3n) is 3.72. The molecule has 3 rings (SSSR count). The molecule has 2 heterocycles. The molecule has 0 saturated heterocycles. The predicted octanol–water partition coefficient (Wildman–Crippen LogP) is 4.07. The number of hydrogen-bond donors (Lipinski definition) is 1. The van der Waals surface area contributed by atoms with Crippen LogP contribution in [0.25, 0.3) is 10.9 Å². The van der Waals surface area contributed by atoms with Gasteiger partial charge in [-0.05, 0) is 50.6 Å². The first kappa shape index (κ1) is 15.5. The zero-order valence-corrected chi connectivity index (χ0v) is 14.3. The number of benzene rings is 1. The molecule has 6 heteroatoms. The fraction of sp³-hybridized carbons (Fsp3) is 0.235. The van der Waals surface area contributed by atoms with Gasteiger partial charge in [-0.3, -0.25) is 10.1 Å². The summed E-state index contributed by atoms with van der Waals surface area (Å²) in [4.78, 5) is 4.57. The molecule has 0 aliphatic heterocycles. The molecule has 3 aromatic rings. The first-order chi connectivity index (χ1) is 10.9. The van der Waals surface area contributed by atoms with E-state index in [0.29, 0.717) is 10.8 Å². The van der Waals surface area contributed by atoms with E-state index < -0.39 is 0 Å². The number of nitrogens with zero attached hydrogens (tertiary/aromatic N) is 4. The summed E-state index contributed by atoms with van der Waals surface area (Å²) < 4.78 is 1.78. The second-order valence-corrected chi connectivity index (χ2v) is 6.03. The van der Waals surface area contributed by atoms with Crippen LogP contribution >= 0.6 is 11.6 Å². The van der Waals surface area contributed by atoms with Crippen LogP contribution in [-0.4, -0.2) is 20.5 Å². The number of rotatable bonds is 3. The van der Waals surface area contributed by atoms with Gasteiger partial charge in [-0.15, -0.1) is 0 Å². The molecule has 2 aromatic heterocycles. The van der Waals surface area contributed by atoms with Gasteiger partial charge in [0.05, 0.1) is 16.9 Å². The van der Waals surface area contributed by atoms with Crippen LogP contribution in [0.4, 0.5) is 5.82 Å². The summed E-state index contributed by atoms with van der Waals surface area (Å²) in [6.45, 7) is 5.95. The molecule has 0 radical (unpaired) electrons. The van der Waals surface area contributed by atoms with E-state index in [1.807, 2.05) is 58.3 Å². The van der Waals surface area contributed by atoms with E-state index >= 15 is 0 Å². The van der Waals surface area contributed by atoms with Crippen LogP contribution in [-0.2, 0) is 7.05 Å². The minimum atomic E-state index is 0.707. The van der Waals surface area contributed by atoms with Crippen LogP contribution in [0.1, 0.15) is 23.7 Å². The normalized spacial score (nSPS) is 12.0. The summed E-state index contributed by atoms with van der Waals surface area (Å²) in [7, 11) is 1.90. The Bertz CT molecular complexity index is 911. The number of fused-ring (bicyclic) bond motifs is 1. The van der Waals surface area contributed by atoms with Gasteiger partial charge in [0.1, 0.15) is 5.82 Å². The number of nitrogens with one attached hydrogen (secondary N) is 1. The molecule has 1 aromatic carbocycles. The maximum Gasteiger partial charge on any atom is 0.147 e. The Morgan fingerprint density at radius 2 is 2.04 bits per heavy atom. The minimum absolute atomic E-state index is 0.707. The molecule has 0 saturated carbocycles. The average molecular weight is 328 g/mol. The number of hydrogen-bond acceptors (Lipinski definition) is 4. The Balaban J connectivity index is 1.91. The van der Waals surface area contributed by atoms with E-state index in [4.69, 9.17) is 11.6 Å². The summed E-state index contributed by atoms with van der Waals surface area (Å²) in [6.07, 6.45) is 1.96. The summed E-state index contributed by atoms with van der Waals surface area (Å²) >= 11 is 6.04. The van der Waals surface area contributed by atoms with Crippen molar-refractivity contribution >= 4 is 34.0 Å². The first-order valence-corrected chi connectivity index (χ1v) is 7.69. The molecule has 118 valence electrons. The van der Waals surface area contributed by atoms with Gasteiger partial charge in [0.25, 0.3) is 0 Å². The number of anilines is 1. The highest BCUT2D eigenvalue weighted by Gasteiger charge is 2.07. The highest BCUT2D eigenvalue weighted by Crippen LogP contribution is 2.23. The molecule has 0 amide bonds. The van der Waals surface area contributed by atoms with Crippen LogP contribution in [0.3, 0.4) is 0 Å². The standard InChI is InChI=1S/C17H18ClN5/c1-10-7-17(19-16-6-5-13(18)8-14(10)16)21-20-11(2)15-9-23(4)22-12(15)3/h5-9H,1-4H3,(H,19,21). The lowest BCUT2D eigenvalue weighted by molar-refractivity contribution is 0.756. The maximum atomic E-state index is 6.04. The zero-order valence-electron chi connectivity index (χ0n) is 13.6. The van der Waals surface area contributed by atoms with Crippen molar-refractivity contribution < 1.29 is 0 Å². The second kappa shape index (κ2) is 6.01. The number of pyridine rings is 1. The third-order valence-corrected chi connectivity index (χ3v) is 3.95. The summed E-state index contributed by atoms with van der Waals surface area (Å²) in [5.74, 6) is 0.707. The van der Waals surface area contributed by atoms with E-state index in [1.54, 1.807) is 4.68 Å². The van der Waals surface area contributed by atoms with E-state index in [1.165, 1.54) is 0 Å². The van der Waals surface area contributed by atoms with Gasteiger partial charge >= 0.3 is 0 Å². The Morgan fingerprint density at radius 3 is 2.74 bits per heavy atom. The minimum Gasteiger partial charge on any atom is -0.275 e. The van der Waals surface area contributed by atoms with Crippen molar-refractivity contribution in [3.63, 3.8) is 0 Å². The van der Waals surface area contributed by atoms with Crippen molar-refractivity contribution in [1.29, 1.82) is 0 Å². The molecule has 0 fully saturated rings. The van der Waals surface area contributed by atoms with E-state index in [9.17, 15) is 0 Å². The van der Waals surface area contributed by atoms with Crippen LogP contribution in [0, 0.1) is 13.8 Å². The molecule has 0 atom stereocenters. The predicted molar refractivity (Wildman–Crippen MR) is 95.3 cm³/mol. The molecule has 0 unspecified atom stereocenters. The molecular formula is C17H18ClN5. The SMILES string of the molecule is CC(=NNc1cc(C)c2cc(Cl)ccc2n1)c1cn(C)nc1C. The van der Waals surface area contributed by atoms with Crippen LogP contribution < -0.4 is 5.43 Å². The highest BCUT2D eigenvalue weighted by atomic mass is 35.5. The molecular weight excluding hydrogens is 310 g/mol. The molecule has 1 N–H and O–H groups in total. The lowest BCUT2D eigenvalue weighted by Gasteiger charge is -2.07. The van der Waals surface area contributed by atoms with Gasteiger partial charge in [-0.25, -0.2) is 4.98 Å². The number of aromatic nitrogens is 3. The monoisotopic (exact) mass is 327 g/mol. The van der Waals surface area contributed by atoms with Gasteiger partial charge in [0, 0.05) is 29.2 Å². The summed E-state index contributed by atoms with van der Waals surface area (Å²) in [5.41, 5.74) is 7.86. The van der Waals surface area contributed by atoms with Crippen molar-refractivity contribution in [2.75, 3.05) is 5.43 Å². The van der Waals surface area contributed by atoms with Crippen molar-refractivity contribution in [1.82, 2.24) is 14.8 Å². The largest absolute Gasteiger partial charge is 0.275 e. The van der Waals surface area contributed by atoms with Crippen molar-refractivity contribution in [3.8, 4) is 0 Å². The van der Waals surface area contributed by atoms with E-state index in [2.05, 4.69) is 20.6 Å². The topological polar surface area (TPSA) is 55.1 Å². The quantitative estimate of drug-likeness (QED) is 0.582. The Kier molecular flexibility index (Phi) is 4.05. The van der Waals surface area contributed by atoms with Gasteiger partial charge in [-0.1, -0.05) is 11.6 Å². The van der Waals surface area contributed by atoms with Crippen LogP contribution in [0.2, 0.25) is 5.02 Å². The van der Waals surface area contributed by atoms with Crippen LogP contribution in [0.15, 0.2) is 35.6 Å². The second-order valence-electron chi connectivity index (χ2n) is 5.60. The van der Waals surface area contributed by atoms with Crippen molar-refractivity contribution in [2.45, 2.75) is 20.8 Å². The van der Waals surface area contributed by atoms with E-state index in [0.717, 1.165) is 33.4 Å². The smallest absolute Gasteiger partial charge is 0.147 e. The Hall–Kier alpha value is -2.40. The molecule has 0 bridgehead atoms. The highest BCUT2D eigenvalue weighted by molar-refractivity contribution is 6.31. The van der Waals surface area contributed by atoms with Crippen molar-refractivity contribution in [3.05, 3.63) is 52.3 Å². The number of aryl methyl sites for hydroxylation is 3. The lowest BCUT2D eigenvalue weighted by Crippen LogP contribution is -2.02. The van der Waals surface area contributed by atoms with Gasteiger partial charge < -0.3 is 0 Å². The molecule has 0 aliphatic carbocycles. The fourth-order valence-corrected chi connectivity index (χ4v) is 2.75. The molecule has 0 spiro atoms. The molecule has 0 aliphatic rings. The summed E-state index contributed by atoms with van der Waals surface area (Å²) in [5, 5.41) is 10.5. The van der Waals surface area contributed by atoms with Crippen LogP contribution in [0.5, 0.6) is 0 Å².